The lowest BCUT2D eigenvalue weighted by Crippen LogP contribution is -2.39. The number of Topliss-reactive ketones (excluding diaryl/α,β-unsaturated/α-hetero) is 1. The Balaban J connectivity index is 2.02. The van der Waals surface area contributed by atoms with Crippen molar-refractivity contribution in [3.8, 4) is 0 Å². The molecule has 1 aliphatic rings. The van der Waals surface area contributed by atoms with Crippen LogP contribution in [0.5, 0.6) is 0 Å². The molecule has 1 saturated carbocycles. The molecule has 1 heterocycles. The van der Waals surface area contributed by atoms with Gasteiger partial charge in [-0.15, -0.1) is 0 Å². The Morgan fingerprint density at radius 1 is 1.54 bits per heavy atom. The van der Waals surface area contributed by atoms with E-state index < -0.39 is 11.8 Å². The van der Waals surface area contributed by atoms with Crippen molar-refractivity contribution in [2.45, 2.75) is 18.8 Å². The van der Waals surface area contributed by atoms with Crippen LogP contribution in [0.3, 0.4) is 0 Å². The molecule has 0 aliphatic heterocycles. The molecule has 2 rings (SSSR count). The number of thiophene rings is 1. The van der Waals surface area contributed by atoms with E-state index in [0.717, 1.165) is 0 Å². The molecule has 1 aromatic rings. The van der Waals surface area contributed by atoms with Crippen molar-refractivity contribution in [2.24, 2.45) is 5.92 Å². The summed E-state index contributed by atoms with van der Waals surface area (Å²) in [5, 5.41) is 3.49. The predicted molar refractivity (Wildman–Crippen MR) is 46.3 cm³/mol. The minimum Gasteiger partial charge on any atom is -0.294 e. The van der Waals surface area contributed by atoms with Crippen molar-refractivity contribution in [2.75, 3.05) is 0 Å². The average molecular weight is 202 g/mol. The van der Waals surface area contributed by atoms with E-state index in [1.807, 2.05) is 0 Å². The summed E-state index contributed by atoms with van der Waals surface area (Å²) in [6, 6.07) is 1.68. The molecule has 1 aliphatic carbocycles. The highest BCUT2D eigenvalue weighted by Gasteiger charge is 2.48. The molecule has 1 aromatic heterocycles. The highest BCUT2D eigenvalue weighted by molar-refractivity contribution is 7.08. The molecule has 4 heteroatoms. The molecular formula is C9H8F2OS. The summed E-state index contributed by atoms with van der Waals surface area (Å²) in [7, 11) is 0. The molecule has 0 aromatic carbocycles. The van der Waals surface area contributed by atoms with Crippen LogP contribution in [0, 0.1) is 5.92 Å². The molecule has 0 amide bonds. The maximum Gasteiger partial charge on any atom is 0.249 e. The smallest absolute Gasteiger partial charge is 0.249 e. The molecule has 0 radical (unpaired) electrons. The predicted octanol–water partition coefficient (Wildman–Crippen LogP) is 2.98. The first-order valence-corrected chi connectivity index (χ1v) is 4.97. The summed E-state index contributed by atoms with van der Waals surface area (Å²) in [6.45, 7) is 0. The number of ketones is 1. The normalized spacial score (nSPS) is 21.1. The summed E-state index contributed by atoms with van der Waals surface area (Å²) in [5.41, 5.74) is 0.575. The molecule has 0 N–H and O–H groups in total. The second kappa shape index (κ2) is 2.87. The summed E-state index contributed by atoms with van der Waals surface area (Å²) >= 11 is 1.41. The third-order valence-corrected chi connectivity index (χ3v) is 2.95. The van der Waals surface area contributed by atoms with Crippen LogP contribution in [0.4, 0.5) is 8.78 Å². The van der Waals surface area contributed by atoms with Crippen LogP contribution >= 0.6 is 11.3 Å². The minimum absolute atomic E-state index is 0.132. The van der Waals surface area contributed by atoms with Gasteiger partial charge in [0.2, 0.25) is 5.92 Å². The van der Waals surface area contributed by atoms with Gasteiger partial charge in [-0.1, -0.05) is 0 Å². The standard InChI is InChI=1S/C9H8F2OS/c10-9(11)3-7(4-9)8(12)6-1-2-13-5-6/h1-2,5,7H,3-4H2. The van der Waals surface area contributed by atoms with Crippen molar-refractivity contribution >= 4 is 17.1 Å². The summed E-state index contributed by atoms with van der Waals surface area (Å²) in [5.74, 6) is -3.19. The van der Waals surface area contributed by atoms with Crippen LogP contribution in [-0.4, -0.2) is 11.7 Å². The molecule has 1 fully saturated rings. The van der Waals surface area contributed by atoms with Crippen LogP contribution in [0.15, 0.2) is 16.8 Å². The van der Waals surface area contributed by atoms with Crippen molar-refractivity contribution < 1.29 is 13.6 Å². The first-order chi connectivity index (χ1) is 6.08. The van der Waals surface area contributed by atoms with E-state index in [-0.39, 0.29) is 18.6 Å². The number of carbonyl (C=O) groups is 1. The Hall–Kier alpha value is -0.770. The molecular weight excluding hydrogens is 194 g/mol. The number of alkyl halides is 2. The van der Waals surface area contributed by atoms with Crippen LogP contribution in [0.25, 0.3) is 0 Å². The van der Waals surface area contributed by atoms with Gasteiger partial charge in [0, 0.05) is 29.7 Å². The minimum atomic E-state index is -2.60. The Bertz CT molecular complexity index is 310. The summed E-state index contributed by atoms with van der Waals surface area (Å²) in [6.07, 6.45) is -0.552. The van der Waals surface area contributed by atoms with Crippen molar-refractivity contribution in [3.63, 3.8) is 0 Å². The Labute approximate surface area is 78.4 Å². The van der Waals surface area contributed by atoms with Crippen molar-refractivity contribution in [3.05, 3.63) is 22.4 Å². The van der Waals surface area contributed by atoms with Crippen LogP contribution in [0.2, 0.25) is 0 Å². The largest absolute Gasteiger partial charge is 0.294 e. The Morgan fingerprint density at radius 3 is 2.69 bits per heavy atom. The van der Waals surface area contributed by atoms with Gasteiger partial charge >= 0.3 is 0 Å². The molecule has 0 unspecified atom stereocenters. The topological polar surface area (TPSA) is 17.1 Å². The number of hydrogen-bond acceptors (Lipinski definition) is 2. The SMILES string of the molecule is O=C(c1ccsc1)C1CC(F)(F)C1. The van der Waals surface area contributed by atoms with E-state index in [9.17, 15) is 13.6 Å². The fourth-order valence-corrected chi connectivity index (χ4v) is 2.13. The zero-order valence-corrected chi connectivity index (χ0v) is 7.61. The van der Waals surface area contributed by atoms with Gasteiger partial charge in [0.25, 0.3) is 0 Å². The van der Waals surface area contributed by atoms with E-state index in [1.165, 1.54) is 11.3 Å². The summed E-state index contributed by atoms with van der Waals surface area (Å²) in [4.78, 5) is 11.4. The lowest BCUT2D eigenvalue weighted by Gasteiger charge is -2.33. The van der Waals surface area contributed by atoms with E-state index in [2.05, 4.69) is 0 Å². The van der Waals surface area contributed by atoms with Gasteiger partial charge in [-0.3, -0.25) is 4.79 Å². The fraction of sp³-hybridized carbons (Fsp3) is 0.444. The number of rotatable bonds is 2. The molecule has 1 nitrogen and oxygen atoms in total. The lowest BCUT2D eigenvalue weighted by atomic mass is 9.77. The molecule has 0 spiro atoms. The first kappa shape index (κ1) is 8.81. The van der Waals surface area contributed by atoms with Gasteiger partial charge < -0.3 is 0 Å². The van der Waals surface area contributed by atoms with Crippen LogP contribution < -0.4 is 0 Å². The van der Waals surface area contributed by atoms with E-state index in [4.69, 9.17) is 0 Å². The Morgan fingerprint density at radius 2 is 2.23 bits per heavy atom. The average Bonchev–Trinajstić information content (AvgIpc) is 2.50. The highest BCUT2D eigenvalue weighted by Crippen LogP contribution is 2.43. The number of halogens is 2. The third kappa shape index (κ3) is 1.63. The fourth-order valence-electron chi connectivity index (χ4n) is 1.49. The molecule has 13 heavy (non-hydrogen) atoms. The Kier molecular flexibility index (Phi) is 1.95. The van der Waals surface area contributed by atoms with Gasteiger partial charge in [0.1, 0.15) is 0 Å². The second-order valence-corrected chi connectivity index (χ2v) is 4.12. The molecule has 70 valence electrons. The van der Waals surface area contributed by atoms with Crippen molar-refractivity contribution in [1.82, 2.24) is 0 Å². The lowest BCUT2D eigenvalue weighted by molar-refractivity contribution is -0.0982. The molecule has 0 bridgehead atoms. The first-order valence-electron chi connectivity index (χ1n) is 4.03. The molecule has 0 saturated heterocycles. The van der Waals surface area contributed by atoms with Gasteiger partial charge in [0.15, 0.2) is 5.78 Å². The maximum absolute atomic E-state index is 12.4. The highest BCUT2D eigenvalue weighted by atomic mass is 32.1. The number of carbonyl (C=O) groups excluding carboxylic acids is 1. The van der Waals surface area contributed by atoms with Crippen molar-refractivity contribution in [1.29, 1.82) is 0 Å². The van der Waals surface area contributed by atoms with Gasteiger partial charge in [-0.05, 0) is 11.4 Å². The zero-order chi connectivity index (χ0) is 9.47. The van der Waals surface area contributed by atoms with E-state index in [0.29, 0.717) is 5.56 Å². The summed E-state index contributed by atoms with van der Waals surface area (Å²) < 4.78 is 24.9. The maximum atomic E-state index is 12.4. The molecule has 0 atom stereocenters. The monoisotopic (exact) mass is 202 g/mol. The van der Waals surface area contributed by atoms with E-state index >= 15 is 0 Å². The quantitative estimate of drug-likeness (QED) is 0.674. The van der Waals surface area contributed by atoms with Gasteiger partial charge in [0.05, 0.1) is 0 Å². The second-order valence-electron chi connectivity index (χ2n) is 3.34. The third-order valence-electron chi connectivity index (χ3n) is 2.27. The zero-order valence-electron chi connectivity index (χ0n) is 6.80. The number of hydrogen-bond donors (Lipinski definition) is 0. The van der Waals surface area contributed by atoms with Gasteiger partial charge in [-0.25, -0.2) is 8.78 Å². The van der Waals surface area contributed by atoms with Crippen LogP contribution in [0.1, 0.15) is 23.2 Å². The van der Waals surface area contributed by atoms with E-state index in [1.54, 1.807) is 16.8 Å². The van der Waals surface area contributed by atoms with Gasteiger partial charge in [-0.2, -0.15) is 11.3 Å². The van der Waals surface area contributed by atoms with Crippen LogP contribution in [-0.2, 0) is 0 Å².